The van der Waals surface area contributed by atoms with Gasteiger partial charge in [0.1, 0.15) is 0 Å². The predicted octanol–water partition coefficient (Wildman–Crippen LogP) is 2.40. The first-order chi connectivity index (χ1) is 6.84. The van der Waals surface area contributed by atoms with E-state index in [-0.39, 0.29) is 5.78 Å². The van der Waals surface area contributed by atoms with Gasteiger partial charge < -0.3 is 5.32 Å². The molecule has 0 aromatic heterocycles. The van der Waals surface area contributed by atoms with Crippen LogP contribution in [-0.4, -0.2) is 12.3 Å². The van der Waals surface area contributed by atoms with Gasteiger partial charge in [0.15, 0.2) is 5.78 Å². The molecule has 1 fully saturated rings. The zero-order valence-corrected chi connectivity index (χ0v) is 8.72. The van der Waals surface area contributed by atoms with Gasteiger partial charge in [-0.25, -0.2) is 0 Å². The monoisotopic (exact) mass is 193 g/mol. The third-order valence-electron chi connectivity index (χ3n) is 3.32. The van der Waals surface area contributed by atoms with Crippen LogP contribution in [0.3, 0.4) is 0 Å². The second kappa shape index (κ2) is 4.63. The molecule has 2 rings (SSSR count). The first kappa shape index (κ1) is 9.75. The van der Waals surface area contributed by atoms with Crippen LogP contribution in [0.4, 0.5) is 0 Å². The lowest BCUT2D eigenvalue weighted by Gasteiger charge is -2.22. The second-order valence-electron chi connectivity index (χ2n) is 4.52. The molecule has 0 radical (unpaired) electrons. The van der Waals surface area contributed by atoms with Gasteiger partial charge in [0.05, 0.1) is 0 Å². The van der Waals surface area contributed by atoms with Crippen LogP contribution >= 0.6 is 0 Å². The Morgan fingerprint density at radius 1 is 1.21 bits per heavy atom. The van der Waals surface area contributed by atoms with Crippen LogP contribution < -0.4 is 5.32 Å². The van der Waals surface area contributed by atoms with Gasteiger partial charge in [0.25, 0.3) is 0 Å². The van der Waals surface area contributed by atoms with Crippen molar-refractivity contribution in [3.63, 3.8) is 0 Å². The van der Waals surface area contributed by atoms with E-state index >= 15 is 0 Å². The fourth-order valence-electron chi connectivity index (χ4n) is 2.40. The number of hydrogen-bond acceptors (Lipinski definition) is 2. The maximum Gasteiger partial charge on any atom is 0.157 e. The number of carbonyl (C=O) groups is 1. The van der Waals surface area contributed by atoms with Crippen LogP contribution in [0.1, 0.15) is 44.9 Å². The van der Waals surface area contributed by atoms with E-state index in [9.17, 15) is 4.79 Å². The fourth-order valence-corrected chi connectivity index (χ4v) is 2.40. The number of nitrogens with one attached hydrogen (secondary N) is 1. The van der Waals surface area contributed by atoms with Crippen LogP contribution in [-0.2, 0) is 4.79 Å². The Kier molecular flexibility index (Phi) is 3.22. The van der Waals surface area contributed by atoms with E-state index in [2.05, 4.69) is 5.32 Å². The summed E-state index contributed by atoms with van der Waals surface area (Å²) in [5, 5.41) is 3.42. The highest BCUT2D eigenvalue weighted by Gasteiger charge is 2.15. The van der Waals surface area contributed by atoms with Crippen LogP contribution in [0.15, 0.2) is 11.8 Å². The Morgan fingerprint density at radius 3 is 2.64 bits per heavy atom. The topological polar surface area (TPSA) is 29.1 Å². The molecule has 0 saturated heterocycles. The fraction of sp³-hybridized carbons (Fsp3) is 0.750. The Bertz CT molecular complexity index is 239. The summed E-state index contributed by atoms with van der Waals surface area (Å²) in [7, 11) is 0. The summed E-state index contributed by atoms with van der Waals surface area (Å²) < 4.78 is 0. The highest BCUT2D eigenvalue weighted by Crippen LogP contribution is 2.23. The number of ketones is 1. The number of hydrogen-bond donors (Lipinski definition) is 1. The van der Waals surface area contributed by atoms with Crippen molar-refractivity contribution in [1.82, 2.24) is 5.32 Å². The van der Waals surface area contributed by atoms with Gasteiger partial charge in [-0.15, -0.1) is 0 Å². The maximum absolute atomic E-state index is 11.0. The summed E-state index contributed by atoms with van der Waals surface area (Å²) in [4.78, 5) is 11.0. The zero-order valence-electron chi connectivity index (χ0n) is 8.72. The van der Waals surface area contributed by atoms with Crippen molar-refractivity contribution >= 4 is 5.78 Å². The van der Waals surface area contributed by atoms with E-state index in [4.69, 9.17) is 0 Å². The van der Waals surface area contributed by atoms with Crippen molar-refractivity contribution in [2.24, 2.45) is 5.92 Å². The van der Waals surface area contributed by atoms with E-state index in [0.29, 0.717) is 6.42 Å². The van der Waals surface area contributed by atoms with Gasteiger partial charge in [-0.1, -0.05) is 19.3 Å². The van der Waals surface area contributed by atoms with Crippen LogP contribution in [0.2, 0.25) is 0 Å². The van der Waals surface area contributed by atoms with Crippen molar-refractivity contribution in [2.75, 3.05) is 6.54 Å². The molecule has 0 aromatic rings. The molecule has 2 nitrogen and oxygen atoms in total. The van der Waals surface area contributed by atoms with Crippen molar-refractivity contribution in [2.45, 2.75) is 44.9 Å². The number of allylic oxidation sites excluding steroid dienone is 2. The molecule has 0 bridgehead atoms. The molecule has 0 unspecified atom stereocenters. The summed E-state index contributed by atoms with van der Waals surface area (Å²) in [6, 6.07) is 0. The largest absolute Gasteiger partial charge is 0.388 e. The Labute approximate surface area is 85.8 Å². The number of rotatable bonds is 3. The third-order valence-corrected chi connectivity index (χ3v) is 3.32. The zero-order chi connectivity index (χ0) is 9.80. The molecule has 2 aliphatic carbocycles. The first-order valence-electron chi connectivity index (χ1n) is 5.82. The van der Waals surface area contributed by atoms with E-state index in [0.717, 1.165) is 18.9 Å². The first-order valence-corrected chi connectivity index (χ1v) is 5.82. The lowest BCUT2D eigenvalue weighted by atomic mass is 9.89. The summed E-state index contributed by atoms with van der Waals surface area (Å²) in [5.74, 6) is 1.14. The third kappa shape index (κ3) is 2.60. The lowest BCUT2D eigenvalue weighted by Crippen LogP contribution is -2.23. The van der Waals surface area contributed by atoms with Gasteiger partial charge in [-0.05, 0) is 25.2 Å². The van der Waals surface area contributed by atoms with Crippen LogP contribution in [0, 0.1) is 5.92 Å². The number of carbonyl (C=O) groups excluding carboxylic acids is 1. The SMILES string of the molecule is O=C1C=C(NCC2CCCCC2)CC1. The van der Waals surface area contributed by atoms with Gasteiger partial charge in [0.2, 0.25) is 0 Å². The Hall–Kier alpha value is -0.790. The van der Waals surface area contributed by atoms with Gasteiger partial charge in [-0.2, -0.15) is 0 Å². The Balaban J connectivity index is 1.71. The van der Waals surface area contributed by atoms with E-state index < -0.39 is 0 Å². The molecule has 0 aliphatic heterocycles. The summed E-state index contributed by atoms with van der Waals surface area (Å²) in [6.45, 7) is 1.08. The summed E-state index contributed by atoms with van der Waals surface area (Å²) >= 11 is 0. The minimum absolute atomic E-state index is 0.288. The van der Waals surface area contributed by atoms with Crippen molar-refractivity contribution in [1.29, 1.82) is 0 Å². The summed E-state index contributed by atoms with van der Waals surface area (Å²) in [5.41, 5.74) is 1.17. The minimum atomic E-state index is 0.288. The molecular weight excluding hydrogens is 174 g/mol. The molecule has 1 saturated carbocycles. The molecule has 1 N–H and O–H groups in total. The normalized spacial score (nSPS) is 23.7. The van der Waals surface area contributed by atoms with Crippen LogP contribution in [0.5, 0.6) is 0 Å². The van der Waals surface area contributed by atoms with Crippen molar-refractivity contribution in [3.8, 4) is 0 Å². The van der Waals surface area contributed by atoms with Crippen molar-refractivity contribution in [3.05, 3.63) is 11.8 Å². The van der Waals surface area contributed by atoms with E-state index in [1.807, 2.05) is 0 Å². The van der Waals surface area contributed by atoms with E-state index in [1.165, 1.54) is 37.8 Å². The smallest absolute Gasteiger partial charge is 0.157 e. The van der Waals surface area contributed by atoms with Crippen LogP contribution in [0.25, 0.3) is 0 Å². The average Bonchev–Trinajstić information content (AvgIpc) is 2.63. The minimum Gasteiger partial charge on any atom is -0.388 e. The molecule has 0 heterocycles. The predicted molar refractivity (Wildman–Crippen MR) is 56.9 cm³/mol. The van der Waals surface area contributed by atoms with Gasteiger partial charge in [-0.3, -0.25) is 4.79 Å². The lowest BCUT2D eigenvalue weighted by molar-refractivity contribution is -0.114. The molecule has 78 valence electrons. The molecule has 0 atom stereocenters. The molecular formula is C12H19NO. The molecule has 0 amide bonds. The molecule has 0 aromatic carbocycles. The van der Waals surface area contributed by atoms with Gasteiger partial charge >= 0.3 is 0 Å². The molecule has 14 heavy (non-hydrogen) atoms. The average molecular weight is 193 g/mol. The highest BCUT2D eigenvalue weighted by atomic mass is 16.1. The quantitative estimate of drug-likeness (QED) is 0.745. The maximum atomic E-state index is 11.0. The van der Waals surface area contributed by atoms with Crippen molar-refractivity contribution < 1.29 is 4.79 Å². The van der Waals surface area contributed by atoms with Gasteiger partial charge in [0, 0.05) is 24.7 Å². The highest BCUT2D eigenvalue weighted by molar-refractivity contribution is 5.92. The van der Waals surface area contributed by atoms with E-state index in [1.54, 1.807) is 6.08 Å². The Morgan fingerprint density at radius 2 is 2.00 bits per heavy atom. The standard InChI is InChI=1S/C12H19NO/c14-12-7-6-11(8-12)13-9-10-4-2-1-3-5-10/h8,10,13H,1-7,9H2. The summed E-state index contributed by atoms with van der Waals surface area (Å²) in [6.07, 6.45) is 10.4. The molecule has 2 heteroatoms. The molecule has 2 aliphatic rings. The molecule has 0 spiro atoms. The second-order valence-corrected chi connectivity index (χ2v) is 4.52.